The average Bonchev–Trinajstić information content (AvgIpc) is 3.02. The first-order valence-corrected chi connectivity index (χ1v) is 7.09. The van der Waals surface area contributed by atoms with Crippen LogP contribution in [0.15, 0.2) is 47.0 Å². The van der Waals surface area contributed by atoms with Crippen molar-refractivity contribution in [2.45, 2.75) is 6.54 Å². The third-order valence-electron chi connectivity index (χ3n) is 3.19. The van der Waals surface area contributed by atoms with Crippen LogP contribution in [0.1, 0.15) is 16.1 Å². The zero-order chi connectivity index (χ0) is 16.9. The van der Waals surface area contributed by atoms with E-state index in [2.05, 4.69) is 25.3 Å². The maximum atomic E-state index is 12.3. The van der Waals surface area contributed by atoms with Crippen molar-refractivity contribution in [3.8, 4) is 0 Å². The fourth-order valence-electron chi connectivity index (χ4n) is 2.05. The summed E-state index contributed by atoms with van der Waals surface area (Å²) in [6.45, 7) is 0.149. The molecule has 8 heteroatoms. The predicted molar refractivity (Wildman–Crippen MR) is 85.4 cm³/mol. The molecule has 0 aliphatic carbocycles. The molecule has 0 unspecified atom stereocenters. The highest BCUT2D eigenvalue weighted by Gasteiger charge is 2.12. The number of para-hydroxylation sites is 2. The van der Waals surface area contributed by atoms with Crippen molar-refractivity contribution >= 4 is 29.1 Å². The number of hydrogen-bond donors (Lipinski definition) is 2. The summed E-state index contributed by atoms with van der Waals surface area (Å²) in [5, 5.41) is 5.09. The number of carbonyl (C=O) groups excluding carboxylic acids is 2. The summed E-state index contributed by atoms with van der Waals surface area (Å²) >= 11 is 0. The normalized spacial score (nSPS) is 10.4. The molecule has 2 heterocycles. The van der Waals surface area contributed by atoms with Crippen LogP contribution in [0.3, 0.4) is 0 Å². The van der Waals surface area contributed by atoms with E-state index in [0.717, 1.165) is 0 Å². The van der Waals surface area contributed by atoms with Gasteiger partial charge >= 0.3 is 12.1 Å². The molecule has 0 saturated heterocycles. The smallest absolute Gasteiger partial charge is 0.407 e. The van der Waals surface area contributed by atoms with Crippen LogP contribution in [0.4, 0.5) is 10.8 Å². The number of benzene rings is 1. The Balaban J connectivity index is 1.71. The molecule has 0 radical (unpaired) electrons. The molecule has 1 aromatic carbocycles. The van der Waals surface area contributed by atoms with Crippen LogP contribution in [0.5, 0.6) is 0 Å². The Morgan fingerprint density at radius 2 is 2.08 bits per heavy atom. The number of aromatic nitrogens is 2. The van der Waals surface area contributed by atoms with Gasteiger partial charge in [0.2, 0.25) is 0 Å². The molecule has 122 valence electrons. The summed E-state index contributed by atoms with van der Waals surface area (Å²) in [6, 6.07) is 10.4. The molecule has 0 spiro atoms. The van der Waals surface area contributed by atoms with Gasteiger partial charge in [0.05, 0.1) is 19.3 Å². The van der Waals surface area contributed by atoms with Crippen molar-refractivity contribution < 1.29 is 18.7 Å². The molecule has 24 heavy (non-hydrogen) atoms. The van der Waals surface area contributed by atoms with E-state index in [0.29, 0.717) is 22.4 Å². The first kappa shape index (κ1) is 15.5. The average molecular weight is 326 g/mol. The monoisotopic (exact) mass is 326 g/mol. The number of amides is 2. The molecule has 0 aliphatic rings. The molecule has 0 atom stereocenters. The lowest BCUT2D eigenvalue weighted by molar-refractivity contribution is 0.102. The molecule has 0 bridgehead atoms. The number of fused-ring (bicyclic) bond motifs is 1. The van der Waals surface area contributed by atoms with Crippen molar-refractivity contribution in [3.05, 3.63) is 53.9 Å². The van der Waals surface area contributed by atoms with E-state index in [1.807, 2.05) is 12.1 Å². The third kappa shape index (κ3) is 3.49. The fraction of sp³-hybridized carbons (Fsp3) is 0.125. The van der Waals surface area contributed by atoms with Gasteiger partial charge in [-0.25, -0.2) is 4.79 Å². The summed E-state index contributed by atoms with van der Waals surface area (Å²) in [6.07, 6.45) is 0.910. The Morgan fingerprint density at radius 1 is 1.25 bits per heavy atom. The molecule has 3 rings (SSSR count). The van der Waals surface area contributed by atoms with Gasteiger partial charge in [0, 0.05) is 11.8 Å². The number of rotatable bonds is 4. The number of pyridine rings is 1. The number of nitrogens with one attached hydrogen (secondary N) is 2. The third-order valence-corrected chi connectivity index (χ3v) is 3.19. The molecule has 2 amide bonds. The summed E-state index contributed by atoms with van der Waals surface area (Å²) in [7, 11) is 1.27. The summed E-state index contributed by atoms with van der Waals surface area (Å²) in [5.41, 5.74) is 2.13. The van der Waals surface area contributed by atoms with Gasteiger partial charge in [0.15, 0.2) is 5.58 Å². The second-order valence-electron chi connectivity index (χ2n) is 4.82. The Hall–Kier alpha value is -3.42. The number of methoxy groups -OCH3 is 1. The van der Waals surface area contributed by atoms with Crippen molar-refractivity contribution in [1.29, 1.82) is 0 Å². The molecule has 0 saturated carbocycles. The largest absolute Gasteiger partial charge is 0.453 e. The Kier molecular flexibility index (Phi) is 4.37. The Bertz CT molecular complexity index is 857. The van der Waals surface area contributed by atoms with Gasteiger partial charge in [-0.2, -0.15) is 4.98 Å². The van der Waals surface area contributed by atoms with Crippen LogP contribution in [-0.2, 0) is 11.3 Å². The predicted octanol–water partition coefficient (Wildman–Crippen LogP) is 2.33. The lowest BCUT2D eigenvalue weighted by Crippen LogP contribution is -2.23. The van der Waals surface area contributed by atoms with E-state index >= 15 is 0 Å². The second kappa shape index (κ2) is 6.78. The Morgan fingerprint density at radius 3 is 2.88 bits per heavy atom. The first-order valence-electron chi connectivity index (χ1n) is 7.09. The van der Waals surface area contributed by atoms with E-state index in [4.69, 9.17) is 4.42 Å². The fourth-order valence-corrected chi connectivity index (χ4v) is 2.05. The van der Waals surface area contributed by atoms with Gasteiger partial charge in [-0.05, 0) is 24.3 Å². The van der Waals surface area contributed by atoms with E-state index in [1.54, 1.807) is 24.3 Å². The highest BCUT2D eigenvalue weighted by Crippen LogP contribution is 2.18. The highest BCUT2D eigenvalue weighted by molar-refractivity contribution is 6.03. The first-order chi connectivity index (χ1) is 11.7. The van der Waals surface area contributed by atoms with E-state index in [-0.39, 0.29) is 18.5 Å². The SMILES string of the molecule is COC(=O)NCc1cc(C(=O)Nc2nc3ccccc3o2)ccn1. The summed E-state index contributed by atoms with van der Waals surface area (Å²) in [5.74, 6) is -0.386. The standard InChI is InChI=1S/C16H14N4O4/c1-23-16(22)18-9-11-8-10(6-7-17-11)14(21)20-15-19-12-4-2-3-5-13(12)24-15/h2-8H,9H2,1H3,(H,18,22)(H,19,20,21). The van der Waals surface area contributed by atoms with E-state index in [1.165, 1.54) is 13.3 Å². The molecule has 2 N–H and O–H groups in total. The second-order valence-corrected chi connectivity index (χ2v) is 4.82. The highest BCUT2D eigenvalue weighted by atomic mass is 16.5. The minimum atomic E-state index is -0.571. The van der Waals surface area contributed by atoms with Gasteiger partial charge in [0.25, 0.3) is 5.91 Å². The maximum Gasteiger partial charge on any atom is 0.407 e. The lowest BCUT2D eigenvalue weighted by atomic mass is 10.2. The number of nitrogens with zero attached hydrogens (tertiary/aromatic N) is 2. The van der Waals surface area contributed by atoms with Crippen molar-refractivity contribution in [1.82, 2.24) is 15.3 Å². The van der Waals surface area contributed by atoms with Crippen LogP contribution in [0.25, 0.3) is 11.1 Å². The number of hydrogen-bond acceptors (Lipinski definition) is 6. The van der Waals surface area contributed by atoms with Gasteiger partial charge in [-0.15, -0.1) is 0 Å². The number of ether oxygens (including phenoxy) is 1. The van der Waals surface area contributed by atoms with E-state index in [9.17, 15) is 9.59 Å². The number of carbonyl (C=O) groups is 2. The topological polar surface area (TPSA) is 106 Å². The van der Waals surface area contributed by atoms with Crippen molar-refractivity contribution in [2.24, 2.45) is 0 Å². The quantitative estimate of drug-likeness (QED) is 0.762. The van der Waals surface area contributed by atoms with E-state index < -0.39 is 6.09 Å². The van der Waals surface area contributed by atoms with Crippen LogP contribution in [-0.4, -0.2) is 29.1 Å². The minimum absolute atomic E-state index is 0.118. The molecule has 0 aliphatic heterocycles. The number of oxazole rings is 1. The molecule has 0 fully saturated rings. The van der Waals surface area contributed by atoms with Gasteiger partial charge in [-0.3, -0.25) is 15.1 Å². The van der Waals surface area contributed by atoms with Gasteiger partial charge < -0.3 is 14.5 Å². The number of anilines is 1. The summed E-state index contributed by atoms with van der Waals surface area (Å²) in [4.78, 5) is 31.6. The molecule has 8 nitrogen and oxygen atoms in total. The minimum Gasteiger partial charge on any atom is -0.453 e. The van der Waals surface area contributed by atoms with Crippen molar-refractivity contribution in [3.63, 3.8) is 0 Å². The van der Waals surface area contributed by atoms with Gasteiger partial charge in [-0.1, -0.05) is 12.1 Å². The Labute approximate surface area is 136 Å². The molecular formula is C16H14N4O4. The van der Waals surface area contributed by atoms with Crippen LogP contribution >= 0.6 is 0 Å². The molecule has 2 aromatic heterocycles. The van der Waals surface area contributed by atoms with Crippen molar-refractivity contribution in [2.75, 3.05) is 12.4 Å². The molecule has 3 aromatic rings. The van der Waals surface area contributed by atoms with Crippen LogP contribution < -0.4 is 10.6 Å². The van der Waals surface area contributed by atoms with Crippen LogP contribution in [0.2, 0.25) is 0 Å². The van der Waals surface area contributed by atoms with Gasteiger partial charge in [0.1, 0.15) is 5.52 Å². The lowest BCUT2D eigenvalue weighted by Gasteiger charge is -2.05. The summed E-state index contributed by atoms with van der Waals surface area (Å²) < 4.78 is 9.93. The molecular weight excluding hydrogens is 312 g/mol. The number of alkyl carbamates (subject to hydrolysis) is 1. The van der Waals surface area contributed by atoms with Crippen LogP contribution in [0, 0.1) is 0 Å². The zero-order valence-corrected chi connectivity index (χ0v) is 12.8. The maximum absolute atomic E-state index is 12.3. The zero-order valence-electron chi connectivity index (χ0n) is 12.8.